The number of aliphatic imine (C=N–C) groups is 1. The Morgan fingerprint density at radius 2 is 2.06 bits per heavy atom. The molecule has 1 aromatic rings. The molecule has 3 nitrogen and oxygen atoms in total. The van der Waals surface area contributed by atoms with Crippen molar-refractivity contribution < 1.29 is 0 Å². The van der Waals surface area contributed by atoms with Crippen LogP contribution in [0, 0.1) is 5.41 Å². The van der Waals surface area contributed by atoms with Crippen molar-refractivity contribution in [1.82, 2.24) is 5.32 Å². The highest BCUT2D eigenvalue weighted by Crippen LogP contribution is 2.10. The fourth-order valence-electron chi connectivity index (χ4n) is 1.45. The van der Waals surface area contributed by atoms with Gasteiger partial charge in [-0.15, -0.1) is 0 Å². The normalized spacial score (nSPS) is 17.1. The van der Waals surface area contributed by atoms with Gasteiger partial charge in [0.05, 0.1) is 11.3 Å². The second-order valence-corrected chi connectivity index (χ2v) is 3.93. The van der Waals surface area contributed by atoms with Gasteiger partial charge in [-0.3, -0.25) is 0 Å². The molecule has 86 valence electrons. The molecule has 4 heteroatoms. The summed E-state index contributed by atoms with van der Waals surface area (Å²) in [6.07, 6.45) is 4.87. The van der Waals surface area contributed by atoms with Gasteiger partial charge in [0.25, 0.3) is 0 Å². The molecule has 0 bridgehead atoms. The van der Waals surface area contributed by atoms with Crippen molar-refractivity contribution in [3.63, 3.8) is 0 Å². The average Bonchev–Trinajstić information content (AvgIpc) is 2.34. The Kier molecular flexibility index (Phi) is 3.73. The van der Waals surface area contributed by atoms with Crippen molar-refractivity contribution >= 4 is 22.5 Å². The Balaban J connectivity index is 2.00. The summed E-state index contributed by atoms with van der Waals surface area (Å²) in [5.41, 5.74) is 2.16. The van der Waals surface area contributed by atoms with Gasteiger partial charge in [-0.05, 0) is 11.6 Å². The largest absolute Gasteiger partial charge is 0.386 e. The molecule has 0 radical (unpaired) electrons. The zero-order chi connectivity index (χ0) is 12.1. The molecule has 17 heavy (non-hydrogen) atoms. The number of nitrogens with one attached hydrogen (secondary N) is 2. The Morgan fingerprint density at radius 1 is 1.29 bits per heavy atom. The summed E-state index contributed by atoms with van der Waals surface area (Å²) in [6.45, 7) is 0.700. The Morgan fingerprint density at radius 3 is 2.76 bits per heavy atom. The van der Waals surface area contributed by atoms with E-state index in [1.807, 2.05) is 30.3 Å². The number of hydrogen-bond acceptors (Lipinski definition) is 3. The van der Waals surface area contributed by atoms with Gasteiger partial charge >= 0.3 is 0 Å². The predicted molar refractivity (Wildman–Crippen MR) is 71.5 cm³/mol. The van der Waals surface area contributed by atoms with Crippen LogP contribution >= 0.6 is 11.6 Å². The molecule has 1 aliphatic heterocycles. The maximum absolute atomic E-state index is 7.70. The molecule has 2 rings (SSSR count). The van der Waals surface area contributed by atoms with Crippen molar-refractivity contribution in [2.24, 2.45) is 4.99 Å². The van der Waals surface area contributed by atoms with Gasteiger partial charge in [-0.1, -0.05) is 41.9 Å². The van der Waals surface area contributed by atoms with E-state index in [0.717, 1.165) is 0 Å². The van der Waals surface area contributed by atoms with Crippen LogP contribution in [0.15, 0.2) is 59.4 Å². The Hall–Kier alpha value is -1.87. The summed E-state index contributed by atoms with van der Waals surface area (Å²) in [4.78, 5) is 3.94. The molecule has 0 atom stereocenters. The molecule has 0 spiro atoms. The van der Waals surface area contributed by atoms with E-state index >= 15 is 0 Å². The highest BCUT2D eigenvalue weighted by molar-refractivity contribution is 6.73. The summed E-state index contributed by atoms with van der Waals surface area (Å²) in [5.74, 6) is 0. The van der Waals surface area contributed by atoms with Gasteiger partial charge in [0.15, 0.2) is 0 Å². The highest BCUT2D eigenvalue weighted by Gasteiger charge is 2.10. The van der Waals surface area contributed by atoms with E-state index in [9.17, 15) is 0 Å². The van der Waals surface area contributed by atoms with Gasteiger partial charge in [0.1, 0.15) is 5.17 Å². The third-order valence-corrected chi connectivity index (χ3v) is 2.64. The molecular formula is C13H12ClN3. The summed E-state index contributed by atoms with van der Waals surface area (Å²) in [7, 11) is 0. The summed E-state index contributed by atoms with van der Waals surface area (Å²) in [6, 6.07) is 10.0. The molecule has 0 saturated carbocycles. The molecule has 0 saturated heterocycles. The molecule has 0 amide bonds. The summed E-state index contributed by atoms with van der Waals surface area (Å²) >= 11 is 5.91. The van der Waals surface area contributed by atoms with E-state index in [-0.39, 0.29) is 0 Å². The zero-order valence-corrected chi connectivity index (χ0v) is 9.91. The van der Waals surface area contributed by atoms with E-state index in [2.05, 4.69) is 10.3 Å². The van der Waals surface area contributed by atoms with Crippen LogP contribution in [0.1, 0.15) is 5.56 Å². The first kappa shape index (κ1) is 11.6. The topological polar surface area (TPSA) is 48.2 Å². The predicted octanol–water partition coefficient (Wildman–Crippen LogP) is 2.84. The van der Waals surface area contributed by atoms with Crippen molar-refractivity contribution in [3.05, 3.63) is 59.9 Å². The van der Waals surface area contributed by atoms with Crippen LogP contribution in [0.5, 0.6) is 0 Å². The summed E-state index contributed by atoms with van der Waals surface area (Å²) < 4.78 is 0. The maximum atomic E-state index is 7.70. The van der Waals surface area contributed by atoms with Crippen molar-refractivity contribution in [2.75, 3.05) is 0 Å². The van der Waals surface area contributed by atoms with Gasteiger partial charge in [-0.25, -0.2) is 4.99 Å². The second-order valence-electron chi connectivity index (χ2n) is 3.57. The second kappa shape index (κ2) is 5.46. The zero-order valence-electron chi connectivity index (χ0n) is 9.15. The Bertz CT molecular complexity index is 501. The summed E-state index contributed by atoms with van der Waals surface area (Å²) in [5, 5.41) is 11.2. The number of hydrogen-bond donors (Lipinski definition) is 2. The number of rotatable bonds is 3. The van der Waals surface area contributed by atoms with E-state index in [1.165, 1.54) is 11.8 Å². The van der Waals surface area contributed by atoms with Crippen molar-refractivity contribution in [3.8, 4) is 0 Å². The monoisotopic (exact) mass is 245 g/mol. The van der Waals surface area contributed by atoms with Crippen LogP contribution in [0.2, 0.25) is 0 Å². The van der Waals surface area contributed by atoms with Crippen molar-refractivity contribution in [1.29, 1.82) is 5.41 Å². The van der Waals surface area contributed by atoms with Gasteiger partial charge in [0, 0.05) is 18.9 Å². The fraction of sp³-hybridized carbons (Fsp3) is 0.0769. The van der Waals surface area contributed by atoms with Gasteiger partial charge in [0.2, 0.25) is 0 Å². The van der Waals surface area contributed by atoms with Crippen LogP contribution in [0.4, 0.5) is 0 Å². The minimum Gasteiger partial charge on any atom is -0.386 e. The number of nitrogens with zero attached hydrogens (tertiary/aromatic N) is 1. The molecule has 1 aliphatic rings. The fourth-order valence-corrected chi connectivity index (χ4v) is 1.66. The quantitative estimate of drug-likeness (QED) is 0.845. The smallest absolute Gasteiger partial charge is 0.139 e. The van der Waals surface area contributed by atoms with Crippen LogP contribution in [0.25, 0.3) is 0 Å². The first-order valence-corrected chi connectivity index (χ1v) is 5.62. The SMILES string of the molecule is N=C1C=CN=C(Cl)/C1=C/NCc1ccccc1. The minimum absolute atomic E-state index is 0.345. The van der Waals surface area contributed by atoms with Crippen LogP contribution in [-0.2, 0) is 6.54 Å². The number of halogens is 1. The third kappa shape index (κ3) is 3.04. The van der Waals surface area contributed by atoms with E-state index in [0.29, 0.717) is 23.0 Å². The van der Waals surface area contributed by atoms with E-state index in [1.54, 1.807) is 12.3 Å². The molecule has 0 unspecified atom stereocenters. The lowest BCUT2D eigenvalue weighted by molar-refractivity contribution is 0.868. The number of allylic oxidation sites excluding steroid dienone is 2. The van der Waals surface area contributed by atoms with Crippen molar-refractivity contribution in [2.45, 2.75) is 6.54 Å². The van der Waals surface area contributed by atoms with E-state index in [4.69, 9.17) is 17.0 Å². The maximum Gasteiger partial charge on any atom is 0.139 e. The van der Waals surface area contributed by atoms with Crippen LogP contribution in [0.3, 0.4) is 0 Å². The molecule has 0 aromatic heterocycles. The van der Waals surface area contributed by atoms with Gasteiger partial charge in [-0.2, -0.15) is 0 Å². The molecule has 0 fully saturated rings. The first-order chi connectivity index (χ1) is 8.27. The lowest BCUT2D eigenvalue weighted by Gasteiger charge is -2.08. The lowest BCUT2D eigenvalue weighted by atomic mass is 10.1. The molecule has 1 heterocycles. The minimum atomic E-state index is 0.345. The molecular weight excluding hydrogens is 234 g/mol. The third-order valence-electron chi connectivity index (χ3n) is 2.34. The molecule has 1 aromatic carbocycles. The molecule has 0 aliphatic carbocycles. The van der Waals surface area contributed by atoms with Crippen LogP contribution < -0.4 is 5.32 Å². The van der Waals surface area contributed by atoms with Crippen LogP contribution in [-0.4, -0.2) is 10.9 Å². The Labute approximate surface area is 105 Å². The standard InChI is InChI=1S/C13H12ClN3/c14-13-11(12(15)6-7-17-13)9-16-8-10-4-2-1-3-5-10/h1-7,9,15-16H,8H2/b11-9+,15-12?. The molecule has 2 N–H and O–H groups in total. The lowest BCUT2D eigenvalue weighted by Crippen LogP contribution is -2.14. The average molecular weight is 246 g/mol. The highest BCUT2D eigenvalue weighted by atomic mass is 35.5. The number of benzene rings is 1. The van der Waals surface area contributed by atoms with Gasteiger partial charge < -0.3 is 10.7 Å². The first-order valence-electron chi connectivity index (χ1n) is 5.24. The van der Waals surface area contributed by atoms with E-state index < -0.39 is 0 Å².